The summed E-state index contributed by atoms with van der Waals surface area (Å²) in [7, 11) is 1.98. The van der Waals surface area contributed by atoms with Crippen molar-refractivity contribution < 1.29 is 17.9 Å². The van der Waals surface area contributed by atoms with Crippen LogP contribution in [0.3, 0.4) is 0 Å². The van der Waals surface area contributed by atoms with Crippen molar-refractivity contribution >= 4 is 0 Å². The molecular weight excluding hydrogens is 243 g/mol. The molecule has 0 aromatic heterocycles. The van der Waals surface area contributed by atoms with Gasteiger partial charge in [0.2, 0.25) is 0 Å². The third-order valence-electron chi connectivity index (χ3n) is 3.02. The molecule has 5 heteroatoms. The maximum atomic E-state index is 12.0. The van der Waals surface area contributed by atoms with Crippen LogP contribution in [0.2, 0.25) is 0 Å². The number of hydrogen-bond acceptors (Lipinski definition) is 2. The molecule has 1 aromatic carbocycles. The summed E-state index contributed by atoms with van der Waals surface area (Å²) in [6, 6.07) is 6.51. The van der Waals surface area contributed by atoms with Gasteiger partial charge < -0.3 is 4.74 Å². The Labute approximate surface area is 105 Å². The first-order valence-electron chi connectivity index (χ1n) is 5.78. The van der Waals surface area contributed by atoms with Gasteiger partial charge in [0.1, 0.15) is 5.75 Å². The number of hydrogen-bond donors (Lipinski definition) is 0. The number of alkyl halides is 3. The van der Waals surface area contributed by atoms with Gasteiger partial charge in [-0.25, -0.2) is 0 Å². The Hall–Kier alpha value is -1.23. The number of rotatable bonds is 4. The molecule has 0 saturated carbocycles. The van der Waals surface area contributed by atoms with Crippen LogP contribution in [0.15, 0.2) is 24.3 Å². The molecule has 0 aliphatic heterocycles. The molecule has 1 aromatic rings. The van der Waals surface area contributed by atoms with E-state index in [1.807, 2.05) is 14.0 Å². The number of benzene rings is 1. The highest BCUT2D eigenvalue weighted by Crippen LogP contribution is 2.26. The molecule has 0 saturated heterocycles. The van der Waals surface area contributed by atoms with Crippen LogP contribution in [0.4, 0.5) is 13.2 Å². The fraction of sp³-hybridized carbons (Fsp3) is 0.538. The van der Waals surface area contributed by atoms with E-state index in [0.717, 1.165) is 5.56 Å². The third kappa shape index (κ3) is 4.22. The molecule has 2 nitrogen and oxygen atoms in total. The standard InChI is InChI=1S/C13H18F3NO/c1-9(2)17(4)10(3)11-5-7-12(8-6-11)18-13(14,15)16/h5-10H,1-4H3/t10-/m1/s1. The Balaban J connectivity index is 2.77. The van der Waals surface area contributed by atoms with Gasteiger partial charge in [-0.3, -0.25) is 4.90 Å². The zero-order valence-electron chi connectivity index (χ0n) is 11.0. The molecule has 0 spiro atoms. The summed E-state index contributed by atoms with van der Waals surface area (Å²) in [5.41, 5.74) is 0.959. The second-order valence-electron chi connectivity index (χ2n) is 4.55. The summed E-state index contributed by atoms with van der Waals surface area (Å²) >= 11 is 0. The first kappa shape index (κ1) is 14.8. The van der Waals surface area contributed by atoms with Gasteiger partial charge in [0, 0.05) is 12.1 Å². The summed E-state index contributed by atoms with van der Waals surface area (Å²) in [5.74, 6) is -0.189. The van der Waals surface area contributed by atoms with Crippen molar-refractivity contribution in [2.45, 2.75) is 39.2 Å². The van der Waals surface area contributed by atoms with Gasteiger partial charge in [-0.05, 0) is 45.5 Å². The zero-order valence-corrected chi connectivity index (χ0v) is 11.0. The quantitative estimate of drug-likeness (QED) is 0.812. The Kier molecular flexibility index (Phi) is 4.62. The predicted octanol–water partition coefficient (Wildman–Crippen LogP) is 3.99. The van der Waals surface area contributed by atoms with Crippen molar-refractivity contribution in [1.82, 2.24) is 4.90 Å². The SMILES string of the molecule is CC(C)N(C)[C@H](C)c1ccc(OC(F)(F)F)cc1. The Morgan fingerprint density at radius 3 is 1.94 bits per heavy atom. The fourth-order valence-electron chi connectivity index (χ4n) is 1.63. The Morgan fingerprint density at radius 1 is 1.06 bits per heavy atom. The monoisotopic (exact) mass is 261 g/mol. The summed E-state index contributed by atoms with van der Waals surface area (Å²) in [6.07, 6.45) is -4.64. The molecule has 0 heterocycles. The lowest BCUT2D eigenvalue weighted by molar-refractivity contribution is -0.274. The maximum absolute atomic E-state index is 12.0. The van der Waals surface area contributed by atoms with Crippen LogP contribution in [0, 0.1) is 0 Å². The lowest BCUT2D eigenvalue weighted by Crippen LogP contribution is -2.29. The van der Waals surface area contributed by atoms with Crippen molar-refractivity contribution in [1.29, 1.82) is 0 Å². The van der Waals surface area contributed by atoms with E-state index in [2.05, 4.69) is 23.5 Å². The molecule has 0 amide bonds. The fourth-order valence-corrected chi connectivity index (χ4v) is 1.63. The first-order chi connectivity index (χ1) is 8.20. The summed E-state index contributed by atoms with van der Waals surface area (Å²) < 4.78 is 39.8. The topological polar surface area (TPSA) is 12.5 Å². The van der Waals surface area contributed by atoms with Gasteiger partial charge in [-0.2, -0.15) is 0 Å². The number of nitrogens with zero attached hydrogens (tertiary/aromatic N) is 1. The summed E-state index contributed by atoms with van der Waals surface area (Å²) in [4.78, 5) is 2.14. The van der Waals surface area contributed by atoms with Gasteiger partial charge in [0.25, 0.3) is 0 Å². The van der Waals surface area contributed by atoms with Gasteiger partial charge >= 0.3 is 6.36 Å². The van der Waals surface area contributed by atoms with E-state index in [4.69, 9.17) is 0 Å². The molecule has 0 radical (unpaired) electrons. The van der Waals surface area contributed by atoms with Crippen LogP contribution in [0.1, 0.15) is 32.4 Å². The molecule has 18 heavy (non-hydrogen) atoms. The molecule has 0 bridgehead atoms. The highest BCUT2D eigenvalue weighted by atomic mass is 19.4. The average molecular weight is 261 g/mol. The normalized spacial score (nSPS) is 14.1. The number of halogens is 3. The molecular formula is C13H18F3NO. The third-order valence-corrected chi connectivity index (χ3v) is 3.02. The smallest absolute Gasteiger partial charge is 0.406 e. The van der Waals surface area contributed by atoms with Crippen LogP contribution in [0.25, 0.3) is 0 Å². The van der Waals surface area contributed by atoms with E-state index in [0.29, 0.717) is 6.04 Å². The van der Waals surface area contributed by atoms with Crippen LogP contribution in [0.5, 0.6) is 5.75 Å². The van der Waals surface area contributed by atoms with Gasteiger partial charge in [-0.1, -0.05) is 12.1 Å². The summed E-state index contributed by atoms with van der Waals surface area (Å²) in [6.45, 7) is 6.15. The average Bonchev–Trinajstić information content (AvgIpc) is 2.26. The molecule has 1 rings (SSSR count). The van der Waals surface area contributed by atoms with Crippen LogP contribution < -0.4 is 4.74 Å². The predicted molar refractivity (Wildman–Crippen MR) is 64.4 cm³/mol. The Bertz CT molecular complexity index is 373. The van der Waals surface area contributed by atoms with Gasteiger partial charge in [-0.15, -0.1) is 13.2 Å². The molecule has 0 aliphatic rings. The molecule has 102 valence electrons. The van der Waals surface area contributed by atoms with E-state index in [-0.39, 0.29) is 11.8 Å². The second kappa shape index (κ2) is 5.61. The van der Waals surface area contributed by atoms with E-state index in [1.165, 1.54) is 12.1 Å². The number of ether oxygens (including phenoxy) is 1. The van der Waals surface area contributed by atoms with Crippen molar-refractivity contribution in [3.8, 4) is 5.75 Å². The van der Waals surface area contributed by atoms with Crippen molar-refractivity contribution in [3.63, 3.8) is 0 Å². The van der Waals surface area contributed by atoms with Crippen molar-refractivity contribution in [2.75, 3.05) is 7.05 Å². The second-order valence-corrected chi connectivity index (χ2v) is 4.55. The van der Waals surface area contributed by atoms with Gasteiger partial charge in [0.15, 0.2) is 0 Å². The van der Waals surface area contributed by atoms with E-state index in [9.17, 15) is 13.2 Å². The molecule has 0 aliphatic carbocycles. The van der Waals surface area contributed by atoms with Gasteiger partial charge in [0.05, 0.1) is 0 Å². The lowest BCUT2D eigenvalue weighted by atomic mass is 10.1. The molecule has 1 atom stereocenters. The minimum atomic E-state index is -4.64. The molecule has 0 N–H and O–H groups in total. The minimum absolute atomic E-state index is 0.143. The molecule has 0 unspecified atom stereocenters. The van der Waals surface area contributed by atoms with E-state index in [1.54, 1.807) is 12.1 Å². The van der Waals surface area contributed by atoms with Crippen molar-refractivity contribution in [3.05, 3.63) is 29.8 Å². The van der Waals surface area contributed by atoms with Crippen LogP contribution in [-0.4, -0.2) is 24.4 Å². The van der Waals surface area contributed by atoms with Crippen molar-refractivity contribution in [2.24, 2.45) is 0 Å². The van der Waals surface area contributed by atoms with Crippen LogP contribution >= 0.6 is 0 Å². The Morgan fingerprint density at radius 2 is 1.56 bits per heavy atom. The highest BCUT2D eigenvalue weighted by Gasteiger charge is 2.31. The zero-order chi connectivity index (χ0) is 13.9. The van der Waals surface area contributed by atoms with Crippen LogP contribution in [-0.2, 0) is 0 Å². The lowest BCUT2D eigenvalue weighted by Gasteiger charge is -2.28. The molecule has 0 fully saturated rings. The summed E-state index contributed by atoms with van der Waals surface area (Å²) in [5, 5.41) is 0. The van der Waals surface area contributed by atoms with E-state index < -0.39 is 6.36 Å². The highest BCUT2D eigenvalue weighted by molar-refractivity contribution is 5.29. The first-order valence-corrected chi connectivity index (χ1v) is 5.78. The van der Waals surface area contributed by atoms with E-state index >= 15 is 0 Å². The minimum Gasteiger partial charge on any atom is -0.406 e. The maximum Gasteiger partial charge on any atom is 0.573 e. The largest absolute Gasteiger partial charge is 0.573 e.